The van der Waals surface area contributed by atoms with Crippen molar-refractivity contribution in [1.29, 1.82) is 5.26 Å². The molecule has 32 heavy (non-hydrogen) atoms. The normalized spacial score (nSPS) is 15.2. The van der Waals surface area contributed by atoms with Gasteiger partial charge in [-0.3, -0.25) is 4.79 Å². The summed E-state index contributed by atoms with van der Waals surface area (Å²) in [4.78, 5) is 24.7. The molecular formula is C21H25N5O5S. The van der Waals surface area contributed by atoms with Crippen molar-refractivity contribution in [3.05, 3.63) is 41.6 Å². The molecule has 1 aromatic carbocycles. The number of amides is 1. The van der Waals surface area contributed by atoms with Crippen LogP contribution in [0.1, 0.15) is 35.3 Å². The first-order chi connectivity index (χ1) is 15.3. The summed E-state index contributed by atoms with van der Waals surface area (Å²) in [5.74, 6) is -0.779. The van der Waals surface area contributed by atoms with Gasteiger partial charge in [0.05, 0.1) is 42.3 Å². The van der Waals surface area contributed by atoms with Crippen LogP contribution >= 0.6 is 0 Å². The van der Waals surface area contributed by atoms with Crippen LogP contribution in [0, 0.1) is 24.2 Å². The summed E-state index contributed by atoms with van der Waals surface area (Å²) in [5.41, 5.74) is 0.708. The Hall–Kier alpha value is -3.23. The third kappa shape index (κ3) is 4.98. The number of carbonyl (C=O) groups excluding carboxylic acids is 2. The highest BCUT2D eigenvalue weighted by atomic mass is 32.2. The summed E-state index contributed by atoms with van der Waals surface area (Å²) in [6.45, 7) is 2.48. The number of carbonyl (C=O) groups is 2. The number of hydrogen-bond donors (Lipinski definition) is 1. The molecule has 1 aromatic heterocycles. The summed E-state index contributed by atoms with van der Waals surface area (Å²) in [7, 11) is -2.72. The van der Waals surface area contributed by atoms with Crippen molar-refractivity contribution in [3.8, 4) is 6.07 Å². The topological polar surface area (TPSA) is 134 Å². The van der Waals surface area contributed by atoms with Crippen molar-refractivity contribution >= 4 is 27.7 Å². The van der Waals surface area contributed by atoms with E-state index in [2.05, 4.69) is 16.5 Å². The average Bonchev–Trinajstić information content (AvgIpc) is 3.15. The highest BCUT2D eigenvalue weighted by Crippen LogP contribution is 2.27. The molecular weight excluding hydrogens is 434 g/mol. The Morgan fingerprint density at radius 3 is 2.62 bits per heavy atom. The molecule has 1 amide bonds. The maximum Gasteiger partial charge on any atom is 0.339 e. The number of ether oxygens (including phenoxy) is 1. The van der Waals surface area contributed by atoms with E-state index in [1.54, 1.807) is 29.8 Å². The van der Waals surface area contributed by atoms with Gasteiger partial charge in [-0.05, 0) is 31.9 Å². The van der Waals surface area contributed by atoms with Gasteiger partial charge in [0, 0.05) is 25.1 Å². The standard InChI is InChI=1S/C21H25N5O5S/c1-15-14-19(26(24-15)11-5-10-22)23-20(27)16-8-12-25(13-9-16)32(29,30)18-7-4-3-6-17(18)21(28)31-2/h3-4,6-7,14,16H,5,8-9,11-13H2,1-2H3,(H,23,27). The molecule has 2 aromatic rings. The van der Waals surface area contributed by atoms with Gasteiger partial charge in [0.25, 0.3) is 0 Å². The van der Waals surface area contributed by atoms with Crippen LogP contribution in [0.2, 0.25) is 0 Å². The van der Waals surface area contributed by atoms with E-state index in [9.17, 15) is 18.0 Å². The summed E-state index contributed by atoms with van der Waals surface area (Å²) < 4.78 is 33.8. The number of nitrogens with zero attached hydrogens (tertiary/aromatic N) is 4. The summed E-state index contributed by atoms with van der Waals surface area (Å²) in [5, 5.41) is 15.9. The van der Waals surface area contributed by atoms with E-state index in [-0.39, 0.29) is 41.8 Å². The molecule has 0 saturated carbocycles. The fourth-order valence-corrected chi connectivity index (χ4v) is 5.32. The SMILES string of the molecule is COC(=O)c1ccccc1S(=O)(=O)N1CCC(C(=O)Nc2cc(C)nn2CCC#N)CC1. The largest absolute Gasteiger partial charge is 0.465 e. The molecule has 0 aliphatic carbocycles. The van der Waals surface area contributed by atoms with E-state index < -0.39 is 16.0 Å². The number of aryl methyl sites for hydroxylation is 2. The summed E-state index contributed by atoms with van der Waals surface area (Å²) in [6, 6.07) is 9.71. The molecule has 0 atom stereocenters. The van der Waals surface area contributed by atoms with Gasteiger partial charge in [-0.2, -0.15) is 14.7 Å². The molecule has 0 unspecified atom stereocenters. The number of piperidine rings is 1. The average molecular weight is 460 g/mol. The lowest BCUT2D eigenvalue weighted by Gasteiger charge is -2.30. The number of nitriles is 1. The zero-order valence-corrected chi connectivity index (χ0v) is 18.8. The molecule has 0 radical (unpaired) electrons. The Labute approximate surface area is 186 Å². The maximum absolute atomic E-state index is 13.1. The molecule has 170 valence electrons. The van der Waals surface area contributed by atoms with Gasteiger partial charge in [0.1, 0.15) is 5.82 Å². The second-order valence-electron chi connectivity index (χ2n) is 7.46. The zero-order valence-electron chi connectivity index (χ0n) is 17.9. The molecule has 0 spiro atoms. The van der Waals surface area contributed by atoms with Crippen LogP contribution in [-0.4, -0.2) is 54.6 Å². The van der Waals surface area contributed by atoms with Crippen molar-refractivity contribution in [2.24, 2.45) is 5.92 Å². The van der Waals surface area contributed by atoms with E-state index in [0.29, 0.717) is 25.2 Å². The van der Waals surface area contributed by atoms with Gasteiger partial charge < -0.3 is 10.1 Å². The van der Waals surface area contributed by atoms with Crippen LogP contribution in [0.3, 0.4) is 0 Å². The van der Waals surface area contributed by atoms with Gasteiger partial charge >= 0.3 is 5.97 Å². The van der Waals surface area contributed by atoms with Gasteiger partial charge in [-0.25, -0.2) is 17.9 Å². The lowest BCUT2D eigenvalue weighted by Crippen LogP contribution is -2.42. The van der Waals surface area contributed by atoms with Gasteiger partial charge in [-0.1, -0.05) is 12.1 Å². The van der Waals surface area contributed by atoms with E-state index in [1.807, 2.05) is 0 Å². The smallest absolute Gasteiger partial charge is 0.339 e. The molecule has 2 heterocycles. The Morgan fingerprint density at radius 1 is 1.28 bits per heavy atom. The number of benzene rings is 1. The number of nitrogens with one attached hydrogen (secondary N) is 1. The van der Waals surface area contributed by atoms with E-state index in [1.165, 1.54) is 23.5 Å². The first-order valence-electron chi connectivity index (χ1n) is 10.2. The number of aromatic nitrogens is 2. The molecule has 3 rings (SSSR count). The minimum Gasteiger partial charge on any atom is -0.465 e. The first-order valence-corrected chi connectivity index (χ1v) is 11.6. The van der Waals surface area contributed by atoms with Crippen molar-refractivity contribution in [3.63, 3.8) is 0 Å². The highest BCUT2D eigenvalue weighted by Gasteiger charge is 2.34. The number of rotatable bonds is 7. The molecule has 10 nitrogen and oxygen atoms in total. The van der Waals surface area contributed by atoms with Crippen LogP contribution in [-0.2, 0) is 26.1 Å². The lowest BCUT2D eigenvalue weighted by molar-refractivity contribution is -0.121. The van der Waals surface area contributed by atoms with E-state index in [0.717, 1.165) is 5.69 Å². The Balaban J connectivity index is 1.67. The molecule has 1 fully saturated rings. The Bertz CT molecular complexity index is 1140. The van der Waals surface area contributed by atoms with Gasteiger partial charge in [-0.15, -0.1) is 0 Å². The van der Waals surface area contributed by atoms with Crippen molar-refractivity contribution in [2.75, 3.05) is 25.5 Å². The van der Waals surface area contributed by atoms with Crippen molar-refractivity contribution in [2.45, 2.75) is 37.6 Å². The second kappa shape index (κ2) is 9.93. The Morgan fingerprint density at radius 2 is 1.97 bits per heavy atom. The highest BCUT2D eigenvalue weighted by molar-refractivity contribution is 7.89. The molecule has 1 saturated heterocycles. The van der Waals surface area contributed by atoms with Crippen LogP contribution in [0.15, 0.2) is 35.2 Å². The minimum absolute atomic E-state index is 0.0177. The third-order valence-electron chi connectivity index (χ3n) is 5.32. The monoisotopic (exact) mass is 459 g/mol. The molecule has 1 aliphatic rings. The first kappa shape index (κ1) is 23.4. The van der Waals surface area contributed by atoms with E-state index in [4.69, 9.17) is 10.00 Å². The lowest BCUT2D eigenvalue weighted by atomic mass is 9.97. The van der Waals surface area contributed by atoms with Crippen LogP contribution in [0.5, 0.6) is 0 Å². The quantitative estimate of drug-likeness (QED) is 0.625. The number of sulfonamides is 1. The fourth-order valence-electron chi connectivity index (χ4n) is 3.67. The Kier molecular flexibility index (Phi) is 7.27. The second-order valence-corrected chi connectivity index (χ2v) is 9.36. The van der Waals surface area contributed by atoms with Crippen LogP contribution in [0.25, 0.3) is 0 Å². The zero-order chi connectivity index (χ0) is 23.3. The van der Waals surface area contributed by atoms with Crippen LogP contribution in [0.4, 0.5) is 5.82 Å². The number of methoxy groups -OCH3 is 1. The maximum atomic E-state index is 13.1. The van der Waals surface area contributed by atoms with Gasteiger partial charge in [0.2, 0.25) is 15.9 Å². The minimum atomic E-state index is -3.91. The van der Waals surface area contributed by atoms with E-state index >= 15 is 0 Å². The number of hydrogen-bond acceptors (Lipinski definition) is 7. The third-order valence-corrected chi connectivity index (χ3v) is 7.28. The predicted molar refractivity (Wildman–Crippen MR) is 115 cm³/mol. The van der Waals surface area contributed by atoms with Gasteiger partial charge in [0.15, 0.2) is 0 Å². The number of esters is 1. The predicted octanol–water partition coefficient (Wildman–Crippen LogP) is 1.93. The molecule has 1 N–H and O–H groups in total. The van der Waals surface area contributed by atoms with Crippen molar-refractivity contribution < 1.29 is 22.7 Å². The summed E-state index contributed by atoms with van der Waals surface area (Å²) >= 11 is 0. The summed E-state index contributed by atoms with van der Waals surface area (Å²) in [6.07, 6.45) is 0.959. The van der Waals surface area contributed by atoms with Crippen molar-refractivity contribution in [1.82, 2.24) is 14.1 Å². The number of anilines is 1. The molecule has 0 bridgehead atoms. The molecule has 1 aliphatic heterocycles. The molecule has 11 heteroatoms. The fraction of sp³-hybridized carbons (Fsp3) is 0.429. The van der Waals surface area contributed by atoms with Crippen LogP contribution < -0.4 is 5.32 Å².